The van der Waals surface area contributed by atoms with E-state index in [1.165, 1.54) is 0 Å². The van der Waals surface area contributed by atoms with Crippen molar-refractivity contribution in [2.45, 2.75) is 20.3 Å². The number of nitrogens with one attached hydrogen (secondary N) is 2. The van der Waals surface area contributed by atoms with E-state index in [9.17, 15) is 4.79 Å². The van der Waals surface area contributed by atoms with Gasteiger partial charge in [-0.15, -0.1) is 0 Å². The number of aromatic nitrogens is 1. The monoisotopic (exact) mass is 445 g/mol. The highest BCUT2D eigenvalue weighted by Gasteiger charge is 2.08. The predicted molar refractivity (Wildman–Crippen MR) is 129 cm³/mol. The van der Waals surface area contributed by atoms with Gasteiger partial charge in [-0.2, -0.15) is 0 Å². The Morgan fingerprint density at radius 3 is 2.47 bits per heavy atom. The summed E-state index contributed by atoms with van der Waals surface area (Å²) in [5.74, 6) is 0.999. The van der Waals surface area contributed by atoms with Crippen LogP contribution < -0.4 is 15.4 Å². The number of nitrogens with zero attached hydrogens (tertiary/aromatic N) is 1. The van der Waals surface area contributed by atoms with E-state index in [0.717, 1.165) is 33.5 Å². The van der Waals surface area contributed by atoms with Gasteiger partial charge in [0.2, 0.25) is 0 Å². The zero-order valence-corrected chi connectivity index (χ0v) is 18.7. The number of fused-ring (bicyclic) bond motifs is 1. The second kappa shape index (κ2) is 9.62. The Hall–Kier alpha value is -3.71. The number of carbonyl (C=O) groups excluding carboxylic acids is 1. The molecule has 0 radical (unpaired) electrons. The average Bonchev–Trinajstić information content (AvgIpc) is 3.15. The van der Waals surface area contributed by atoms with Gasteiger partial charge in [0.15, 0.2) is 23.2 Å². The van der Waals surface area contributed by atoms with E-state index in [0.29, 0.717) is 18.1 Å². The number of carbonyl (C=O) groups is 1. The Kier molecular flexibility index (Phi) is 6.47. The van der Waals surface area contributed by atoms with Gasteiger partial charge in [-0.1, -0.05) is 30.3 Å². The van der Waals surface area contributed by atoms with Crippen LogP contribution in [0.15, 0.2) is 71.1 Å². The maximum atomic E-state index is 12.1. The van der Waals surface area contributed by atoms with Gasteiger partial charge in [0, 0.05) is 12.1 Å². The Labute approximate surface area is 191 Å². The molecule has 32 heavy (non-hydrogen) atoms. The van der Waals surface area contributed by atoms with Crippen molar-refractivity contribution in [3.8, 4) is 5.75 Å². The van der Waals surface area contributed by atoms with Gasteiger partial charge in [-0.25, -0.2) is 4.98 Å². The fraction of sp³-hybridized carbons (Fsp3) is 0.160. The molecule has 0 spiro atoms. The highest BCUT2D eigenvalue weighted by atomic mass is 32.1. The molecule has 3 aromatic carbocycles. The van der Waals surface area contributed by atoms with Gasteiger partial charge < -0.3 is 14.5 Å². The molecule has 0 saturated carbocycles. The van der Waals surface area contributed by atoms with Gasteiger partial charge in [0.1, 0.15) is 11.3 Å². The van der Waals surface area contributed by atoms with Crippen molar-refractivity contribution >= 4 is 40.0 Å². The Bertz CT molecular complexity index is 1210. The molecule has 1 aromatic heterocycles. The van der Waals surface area contributed by atoms with E-state index in [1.54, 1.807) is 0 Å². The summed E-state index contributed by atoms with van der Waals surface area (Å²) in [6.45, 7) is 3.85. The molecule has 0 fully saturated rings. The summed E-state index contributed by atoms with van der Waals surface area (Å²) in [7, 11) is 0. The van der Waals surface area contributed by atoms with Crippen LogP contribution in [-0.2, 0) is 11.2 Å². The predicted octanol–water partition coefficient (Wildman–Crippen LogP) is 4.93. The molecule has 0 aliphatic carbocycles. The summed E-state index contributed by atoms with van der Waals surface area (Å²) in [5.41, 5.74) is 5.62. The van der Waals surface area contributed by atoms with Gasteiger partial charge >= 0.3 is 0 Å². The number of para-hydroxylation sites is 2. The zero-order chi connectivity index (χ0) is 22.5. The van der Waals surface area contributed by atoms with Crippen molar-refractivity contribution in [1.82, 2.24) is 10.3 Å². The third-order valence-electron chi connectivity index (χ3n) is 4.72. The number of thiocarbonyl (C=S) groups is 1. The van der Waals surface area contributed by atoms with Crippen LogP contribution in [0.3, 0.4) is 0 Å². The lowest BCUT2D eigenvalue weighted by Crippen LogP contribution is -2.37. The van der Waals surface area contributed by atoms with E-state index >= 15 is 0 Å². The summed E-state index contributed by atoms with van der Waals surface area (Å²) in [6.07, 6.45) is 0.589. The molecule has 0 saturated heterocycles. The van der Waals surface area contributed by atoms with Crippen molar-refractivity contribution in [1.29, 1.82) is 0 Å². The molecule has 7 heteroatoms. The molecule has 1 amide bonds. The fourth-order valence-electron chi connectivity index (χ4n) is 3.37. The minimum Gasteiger partial charge on any atom is -0.484 e. The maximum Gasteiger partial charge on any atom is 0.264 e. The second-order valence-electron chi connectivity index (χ2n) is 7.56. The van der Waals surface area contributed by atoms with E-state index in [-0.39, 0.29) is 17.6 Å². The molecule has 162 valence electrons. The molecule has 0 bridgehead atoms. The van der Waals surface area contributed by atoms with Crippen LogP contribution in [0.4, 0.5) is 5.69 Å². The van der Waals surface area contributed by atoms with Crippen LogP contribution in [0.1, 0.15) is 22.6 Å². The van der Waals surface area contributed by atoms with Crippen LogP contribution in [0.2, 0.25) is 0 Å². The van der Waals surface area contributed by atoms with Gasteiger partial charge in [-0.05, 0) is 79.2 Å². The molecule has 4 rings (SSSR count). The molecule has 0 aliphatic rings. The molecule has 0 aliphatic heterocycles. The summed E-state index contributed by atoms with van der Waals surface area (Å²) in [4.78, 5) is 16.6. The normalized spacial score (nSPS) is 10.7. The number of anilines is 1. The molecule has 0 atom stereocenters. The number of aryl methyl sites for hydroxylation is 2. The first kappa shape index (κ1) is 21.5. The van der Waals surface area contributed by atoms with Crippen molar-refractivity contribution < 1.29 is 13.9 Å². The van der Waals surface area contributed by atoms with E-state index in [2.05, 4.69) is 15.6 Å². The third-order valence-corrected chi connectivity index (χ3v) is 4.93. The first-order chi connectivity index (χ1) is 15.4. The SMILES string of the molecule is Cc1cc(C)cc(OCC(=O)NC(=S)Nc2ccc(Cc3nc4ccccc4o3)cc2)c1. The smallest absolute Gasteiger partial charge is 0.264 e. The molecular weight excluding hydrogens is 422 g/mol. The lowest BCUT2D eigenvalue weighted by atomic mass is 10.1. The lowest BCUT2D eigenvalue weighted by molar-refractivity contribution is -0.121. The van der Waals surface area contributed by atoms with Crippen LogP contribution >= 0.6 is 12.2 Å². The Morgan fingerprint density at radius 2 is 1.75 bits per heavy atom. The molecule has 6 nitrogen and oxygen atoms in total. The molecule has 2 N–H and O–H groups in total. The first-order valence-electron chi connectivity index (χ1n) is 10.2. The third kappa shape index (κ3) is 5.70. The van der Waals surface area contributed by atoms with Crippen LogP contribution in [0, 0.1) is 13.8 Å². The van der Waals surface area contributed by atoms with Crippen molar-refractivity contribution in [2.75, 3.05) is 11.9 Å². The number of hydrogen-bond donors (Lipinski definition) is 2. The number of rotatable bonds is 6. The van der Waals surface area contributed by atoms with Gasteiger partial charge in [-0.3, -0.25) is 10.1 Å². The van der Waals surface area contributed by atoms with Crippen LogP contribution in [0.5, 0.6) is 5.75 Å². The largest absolute Gasteiger partial charge is 0.484 e. The molecule has 0 unspecified atom stereocenters. The van der Waals surface area contributed by atoms with Gasteiger partial charge in [0.05, 0.1) is 0 Å². The molecule has 1 heterocycles. The fourth-order valence-corrected chi connectivity index (χ4v) is 3.60. The topological polar surface area (TPSA) is 76.4 Å². The van der Waals surface area contributed by atoms with E-state index < -0.39 is 0 Å². The van der Waals surface area contributed by atoms with Gasteiger partial charge in [0.25, 0.3) is 5.91 Å². The van der Waals surface area contributed by atoms with E-state index in [1.807, 2.05) is 80.6 Å². The summed E-state index contributed by atoms with van der Waals surface area (Å²) in [5, 5.41) is 5.85. The van der Waals surface area contributed by atoms with Crippen molar-refractivity contribution in [3.63, 3.8) is 0 Å². The second-order valence-corrected chi connectivity index (χ2v) is 7.97. The quantitative estimate of drug-likeness (QED) is 0.410. The Balaban J connectivity index is 1.27. The molecular formula is C25H23N3O3S. The minimum absolute atomic E-state index is 0.117. The first-order valence-corrected chi connectivity index (χ1v) is 10.6. The number of amides is 1. The number of benzene rings is 3. The highest BCUT2D eigenvalue weighted by molar-refractivity contribution is 7.80. The average molecular weight is 446 g/mol. The standard InChI is InChI=1S/C25H23N3O3S/c1-16-11-17(2)13-20(12-16)30-15-23(29)28-25(32)26-19-9-7-18(8-10-19)14-24-27-21-5-3-4-6-22(21)31-24/h3-13H,14-15H2,1-2H3,(H2,26,28,29,32). The number of ether oxygens (including phenoxy) is 1. The lowest BCUT2D eigenvalue weighted by Gasteiger charge is -2.11. The van der Waals surface area contributed by atoms with E-state index in [4.69, 9.17) is 21.4 Å². The summed E-state index contributed by atoms with van der Waals surface area (Å²) in [6, 6.07) is 21.2. The maximum absolute atomic E-state index is 12.1. The number of oxazole rings is 1. The minimum atomic E-state index is -0.325. The zero-order valence-electron chi connectivity index (χ0n) is 17.8. The van der Waals surface area contributed by atoms with Crippen LogP contribution in [0.25, 0.3) is 11.1 Å². The summed E-state index contributed by atoms with van der Waals surface area (Å²) >= 11 is 5.24. The van der Waals surface area contributed by atoms with Crippen LogP contribution in [-0.4, -0.2) is 22.6 Å². The van der Waals surface area contributed by atoms with Crippen molar-refractivity contribution in [3.05, 3.63) is 89.3 Å². The highest BCUT2D eigenvalue weighted by Crippen LogP contribution is 2.19. The summed E-state index contributed by atoms with van der Waals surface area (Å²) < 4.78 is 11.3. The Morgan fingerprint density at radius 1 is 1.03 bits per heavy atom. The molecule has 4 aromatic rings. The number of hydrogen-bond acceptors (Lipinski definition) is 5. The van der Waals surface area contributed by atoms with Crippen molar-refractivity contribution in [2.24, 2.45) is 0 Å².